The van der Waals surface area contributed by atoms with Gasteiger partial charge in [0.15, 0.2) is 0 Å². The van der Waals surface area contributed by atoms with Gasteiger partial charge in [-0.05, 0) is 34.1 Å². The average Bonchev–Trinajstić information content (AvgIpc) is 2.88. The Balaban J connectivity index is 1.96. The third-order valence-corrected chi connectivity index (χ3v) is 6.32. The number of hydrogen-bond acceptors (Lipinski definition) is 8. The van der Waals surface area contributed by atoms with E-state index < -0.39 is 60.7 Å². The molecule has 1 aliphatic carbocycles. The standard InChI is InChI=1S/C19H23FN12O4/c20-14-15(28-32-24)19(13-10(26-30-22)6-11(27-31-23)16(33)17(13)34)36-12(7-25-29-21)18(14)35-8-9-4-2-1-3-5-9/h1-5,10-19,33-34H,6-8H2/t10?,11?,12-,13-,14-,15?,16+,17+,18-,19?/m1/s1. The van der Waals surface area contributed by atoms with Gasteiger partial charge >= 0.3 is 0 Å². The van der Waals surface area contributed by atoms with Crippen molar-refractivity contribution < 1.29 is 24.1 Å². The van der Waals surface area contributed by atoms with E-state index in [9.17, 15) is 10.2 Å². The first-order chi connectivity index (χ1) is 17.5. The van der Waals surface area contributed by atoms with Crippen LogP contribution in [-0.4, -0.2) is 71.6 Å². The van der Waals surface area contributed by atoms with E-state index in [0.717, 1.165) is 5.56 Å². The van der Waals surface area contributed by atoms with E-state index in [1.807, 2.05) is 0 Å². The lowest BCUT2D eigenvalue weighted by atomic mass is 9.72. The van der Waals surface area contributed by atoms with Crippen LogP contribution < -0.4 is 0 Å². The van der Waals surface area contributed by atoms with E-state index in [4.69, 9.17) is 31.6 Å². The number of hydrogen-bond donors (Lipinski definition) is 2. The van der Waals surface area contributed by atoms with Gasteiger partial charge in [-0.1, -0.05) is 50.8 Å². The molecule has 2 N–H and O–H groups in total. The number of ether oxygens (including phenoxy) is 2. The lowest BCUT2D eigenvalue weighted by molar-refractivity contribution is -0.212. The quantitative estimate of drug-likeness (QED) is 0.290. The van der Waals surface area contributed by atoms with E-state index in [2.05, 4.69) is 40.1 Å². The normalized spacial score (nSPS) is 35.8. The lowest BCUT2D eigenvalue weighted by Crippen LogP contribution is -2.64. The van der Waals surface area contributed by atoms with Gasteiger partial charge in [-0.2, -0.15) is 0 Å². The molecule has 1 saturated carbocycles. The van der Waals surface area contributed by atoms with Gasteiger partial charge in [-0.25, -0.2) is 4.39 Å². The predicted octanol–water partition coefficient (Wildman–Crippen LogP) is 3.77. The van der Waals surface area contributed by atoms with Gasteiger partial charge in [0, 0.05) is 31.6 Å². The van der Waals surface area contributed by atoms with Gasteiger partial charge in [0.1, 0.15) is 12.3 Å². The number of halogens is 1. The zero-order valence-electron chi connectivity index (χ0n) is 18.7. The molecule has 2 aliphatic rings. The first-order valence-corrected chi connectivity index (χ1v) is 10.9. The molecule has 36 heavy (non-hydrogen) atoms. The zero-order valence-corrected chi connectivity index (χ0v) is 18.7. The van der Waals surface area contributed by atoms with Crippen molar-refractivity contribution in [3.63, 3.8) is 0 Å². The molecule has 3 rings (SSSR count). The highest BCUT2D eigenvalue weighted by molar-refractivity contribution is 5.14. The Morgan fingerprint density at radius 3 is 2.25 bits per heavy atom. The van der Waals surface area contributed by atoms with E-state index in [1.54, 1.807) is 30.3 Å². The number of nitrogens with zero attached hydrogens (tertiary/aromatic N) is 12. The van der Waals surface area contributed by atoms with Gasteiger partial charge in [0.2, 0.25) is 0 Å². The minimum Gasteiger partial charge on any atom is -0.390 e. The van der Waals surface area contributed by atoms with Crippen LogP contribution in [0.25, 0.3) is 41.8 Å². The van der Waals surface area contributed by atoms with Crippen molar-refractivity contribution in [1.82, 2.24) is 0 Å². The topological polar surface area (TPSA) is 254 Å². The van der Waals surface area contributed by atoms with Crippen LogP contribution in [0.5, 0.6) is 0 Å². The molecule has 0 bridgehead atoms. The van der Waals surface area contributed by atoms with Crippen LogP contribution in [0.1, 0.15) is 12.0 Å². The number of azide groups is 4. The van der Waals surface area contributed by atoms with Gasteiger partial charge < -0.3 is 19.7 Å². The fourth-order valence-electron chi connectivity index (χ4n) is 4.69. The smallest absolute Gasteiger partial charge is 0.140 e. The van der Waals surface area contributed by atoms with E-state index in [0.29, 0.717) is 0 Å². The summed E-state index contributed by atoms with van der Waals surface area (Å²) in [5.74, 6) is -1.25. The maximum atomic E-state index is 15.9. The summed E-state index contributed by atoms with van der Waals surface area (Å²) in [6, 6.07) is 5.07. The molecule has 4 unspecified atom stereocenters. The fraction of sp³-hybridized carbons (Fsp3) is 0.684. The summed E-state index contributed by atoms with van der Waals surface area (Å²) in [5, 5.41) is 35.5. The molecule has 1 saturated heterocycles. The Bertz CT molecular complexity index is 1090. The molecule has 1 aliphatic heterocycles. The van der Waals surface area contributed by atoms with Crippen LogP contribution in [0.3, 0.4) is 0 Å². The molecule has 17 heteroatoms. The largest absolute Gasteiger partial charge is 0.390 e. The Morgan fingerprint density at radius 2 is 1.61 bits per heavy atom. The second-order valence-corrected chi connectivity index (χ2v) is 8.29. The van der Waals surface area contributed by atoms with Crippen molar-refractivity contribution in [3.05, 3.63) is 77.7 Å². The molecule has 0 radical (unpaired) electrons. The van der Waals surface area contributed by atoms with E-state index in [-0.39, 0.29) is 19.6 Å². The molecule has 1 heterocycles. The van der Waals surface area contributed by atoms with Gasteiger partial charge in [-0.15, -0.1) is 0 Å². The van der Waals surface area contributed by atoms with E-state index in [1.165, 1.54) is 0 Å². The molecular weight excluding hydrogens is 479 g/mol. The number of alkyl halides is 1. The molecule has 1 aromatic carbocycles. The van der Waals surface area contributed by atoms with Gasteiger partial charge in [0.25, 0.3) is 0 Å². The Morgan fingerprint density at radius 1 is 0.944 bits per heavy atom. The summed E-state index contributed by atoms with van der Waals surface area (Å²) >= 11 is 0. The monoisotopic (exact) mass is 502 g/mol. The third kappa shape index (κ3) is 5.89. The van der Waals surface area contributed by atoms with Crippen LogP contribution in [0.15, 0.2) is 50.8 Å². The summed E-state index contributed by atoms with van der Waals surface area (Å²) in [6.07, 6.45) is -9.33. The molecule has 0 amide bonds. The minimum atomic E-state index is -1.98. The molecule has 0 aromatic heterocycles. The number of aliphatic hydroxyl groups is 2. The first kappa shape index (κ1) is 26.8. The lowest BCUT2D eigenvalue weighted by Gasteiger charge is -2.49. The molecular formula is C19H23FN12O4. The summed E-state index contributed by atoms with van der Waals surface area (Å²) < 4.78 is 27.7. The summed E-state index contributed by atoms with van der Waals surface area (Å²) in [5.41, 5.74) is 36.5. The van der Waals surface area contributed by atoms with Crippen molar-refractivity contribution in [2.75, 3.05) is 6.54 Å². The fourth-order valence-corrected chi connectivity index (χ4v) is 4.69. The number of benzene rings is 1. The highest BCUT2D eigenvalue weighted by Crippen LogP contribution is 2.40. The van der Waals surface area contributed by atoms with Crippen LogP contribution in [0.2, 0.25) is 0 Å². The highest BCUT2D eigenvalue weighted by atomic mass is 19.1. The summed E-state index contributed by atoms with van der Waals surface area (Å²) in [4.78, 5) is 10.8. The van der Waals surface area contributed by atoms with Gasteiger partial charge in [0.05, 0.1) is 49.7 Å². The zero-order chi connectivity index (χ0) is 26.1. The van der Waals surface area contributed by atoms with Crippen molar-refractivity contribution in [3.8, 4) is 0 Å². The molecule has 0 spiro atoms. The number of rotatable bonds is 9. The Labute approximate surface area is 203 Å². The second kappa shape index (κ2) is 12.8. The maximum absolute atomic E-state index is 15.9. The van der Waals surface area contributed by atoms with Crippen LogP contribution in [0.4, 0.5) is 4.39 Å². The molecule has 16 nitrogen and oxygen atoms in total. The maximum Gasteiger partial charge on any atom is 0.140 e. The van der Waals surface area contributed by atoms with Crippen LogP contribution in [0, 0.1) is 5.92 Å². The predicted molar refractivity (Wildman–Crippen MR) is 122 cm³/mol. The van der Waals surface area contributed by atoms with Crippen molar-refractivity contribution in [1.29, 1.82) is 0 Å². The molecule has 10 atom stereocenters. The van der Waals surface area contributed by atoms with Crippen molar-refractivity contribution >= 4 is 0 Å². The SMILES string of the molecule is [N-]=[N+]=NC[C@H]1OC([C@@H]2C(N=[N+]=[N-])CC(N=[N+]=[N-])[C@H](O)[C@H]2O)C(N=[N+]=[N-])[C@@H](F)[C@@H]1OCc1ccccc1. The summed E-state index contributed by atoms with van der Waals surface area (Å²) in [6.45, 7) is -0.371. The van der Waals surface area contributed by atoms with Crippen molar-refractivity contribution in [2.24, 2.45) is 26.4 Å². The third-order valence-electron chi connectivity index (χ3n) is 6.32. The van der Waals surface area contributed by atoms with E-state index >= 15 is 4.39 Å². The average molecular weight is 502 g/mol. The second-order valence-electron chi connectivity index (χ2n) is 8.29. The molecule has 2 fully saturated rings. The van der Waals surface area contributed by atoms with Gasteiger partial charge in [-0.3, -0.25) is 0 Å². The first-order valence-electron chi connectivity index (χ1n) is 10.9. The minimum absolute atomic E-state index is 0.0182. The summed E-state index contributed by atoms with van der Waals surface area (Å²) in [7, 11) is 0. The molecule has 190 valence electrons. The Kier molecular flexibility index (Phi) is 9.53. The van der Waals surface area contributed by atoms with Crippen LogP contribution >= 0.6 is 0 Å². The highest BCUT2D eigenvalue weighted by Gasteiger charge is 2.55. The Hall–Kier alpha value is -3.77. The van der Waals surface area contributed by atoms with Crippen LogP contribution in [-0.2, 0) is 16.1 Å². The number of aliphatic hydroxyl groups excluding tert-OH is 2. The molecule has 1 aromatic rings. The van der Waals surface area contributed by atoms with Crippen molar-refractivity contribution in [2.45, 2.75) is 67.8 Å².